The van der Waals surface area contributed by atoms with Crippen LogP contribution in [0.2, 0.25) is 0 Å². The van der Waals surface area contributed by atoms with Gasteiger partial charge in [-0.2, -0.15) is 5.26 Å². The first kappa shape index (κ1) is 21.5. The molecule has 0 atom stereocenters. The molecular weight excluding hydrogens is 478 g/mol. The normalized spacial score (nSPS) is 11.6. The zero-order valence-corrected chi connectivity index (χ0v) is 20.7. The molecule has 3 heterocycles. The van der Waals surface area contributed by atoms with Gasteiger partial charge < -0.3 is 4.42 Å². The number of benzene rings is 5. The van der Waals surface area contributed by atoms with E-state index < -0.39 is 0 Å². The molecule has 0 radical (unpaired) electrons. The number of hydrogen-bond acceptors (Lipinski definition) is 4. The van der Waals surface area contributed by atoms with Crippen molar-refractivity contribution in [1.29, 1.82) is 5.26 Å². The van der Waals surface area contributed by atoms with Gasteiger partial charge in [-0.25, -0.2) is 4.98 Å². The Kier molecular flexibility index (Phi) is 4.55. The van der Waals surface area contributed by atoms with Crippen LogP contribution in [0.1, 0.15) is 5.56 Å². The lowest BCUT2D eigenvalue weighted by molar-refractivity contribution is 0.669. The maximum Gasteiger partial charge on any atom is 0.135 e. The molecule has 0 fully saturated rings. The van der Waals surface area contributed by atoms with Crippen molar-refractivity contribution in [3.05, 3.63) is 121 Å². The van der Waals surface area contributed by atoms with Gasteiger partial charge in [-0.1, -0.05) is 66.7 Å². The summed E-state index contributed by atoms with van der Waals surface area (Å²) in [6.07, 6.45) is 1.82. The van der Waals surface area contributed by atoms with Crippen molar-refractivity contribution < 1.29 is 4.42 Å². The van der Waals surface area contributed by atoms with Crippen molar-refractivity contribution in [2.75, 3.05) is 0 Å². The Bertz CT molecular complexity index is 2310. The highest BCUT2D eigenvalue weighted by Crippen LogP contribution is 2.38. The van der Waals surface area contributed by atoms with Crippen LogP contribution >= 0.6 is 0 Å². The molecule has 8 aromatic rings. The highest BCUT2D eigenvalue weighted by molar-refractivity contribution is 6.10. The van der Waals surface area contributed by atoms with Gasteiger partial charge in [0.25, 0.3) is 0 Å². The monoisotopic (exact) mass is 497 g/mol. The first-order chi connectivity index (χ1) is 19.3. The molecule has 0 N–H and O–H groups in total. The van der Waals surface area contributed by atoms with E-state index in [1.807, 2.05) is 30.5 Å². The van der Waals surface area contributed by atoms with E-state index in [2.05, 4.69) is 89.9 Å². The minimum atomic E-state index is 0.622. The third-order valence-electron chi connectivity index (χ3n) is 7.54. The lowest BCUT2D eigenvalue weighted by Gasteiger charge is -2.13. The van der Waals surface area contributed by atoms with Crippen LogP contribution in [0.4, 0.5) is 0 Å². The van der Waals surface area contributed by atoms with Gasteiger partial charge >= 0.3 is 0 Å². The average Bonchev–Trinajstić information content (AvgIpc) is 3.37. The highest BCUT2D eigenvalue weighted by atomic mass is 16.3. The highest BCUT2D eigenvalue weighted by Gasteiger charge is 2.14. The van der Waals surface area contributed by atoms with Gasteiger partial charge in [-0.3, -0.25) is 4.98 Å². The molecule has 3 aromatic heterocycles. The molecule has 0 bridgehead atoms. The van der Waals surface area contributed by atoms with E-state index in [1.54, 1.807) is 6.07 Å². The fourth-order valence-electron chi connectivity index (χ4n) is 5.66. The second-order valence-electron chi connectivity index (χ2n) is 9.75. The quantitative estimate of drug-likeness (QED) is 0.224. The summed E-state index contributed by atoms with van der Waals surface area (Å²) >= 11 is 0. The zero-order valence-electron chi connectivity index (χ0n) is 20.7. The molecule has 0 aliphatic rings. The summed E-state index contributed by atoms with van der Waals surface area (Å²) in [5.74, 6) is 0. The molecule has 0 aliphatic carbocycles. The number of fused-ring (bicyclic) bond motifs is 7. The van der Waals surface area contributed by atoms with Crippen LogP contribution < -0.4 is 0 Å². The van der Waals surface area contributed by atoms with Crippen molar-refractivity contribution >= 4 is 54.5 Å². The van der Waals surface area contributed by atoms with Crippen LogP contribution in [0.5, 0.6) is 0 Å². The molecule has 0 spiro atoms. The fourth-order valence-corrected chi connectivity index (χ4v) is 5.66. The standard InChI is InChI=1S/C35H19N3O/c36-20-21-7-15-32-29(18-21)30-19-24(11-16-33(30)39-32)25-12-13-28(27-6-2-1-5-26(25)27)31-14-10-23-9-8-22-4-3-17-37-34(22)35(23)38-31/h1-19H. The van der Waals surface area contributed by atoms with Crippen molar-refractivity contribution in [3.8, 4) is 28.5 Å². The molecule has 5 aromatic carbocycles. The van der Waals surface area contributed by atoms with Crippen LogP contribution in [0, 0.1) is 11.3 Å². The lowest BCUT2D eigenvalue weighted by atomic mass is 9.93. The van der Waals surface area contributed by atoms with E-state index in [9.17, 15) is 5.26 Å². The molecule has 4 heteroatoms. The fraction of sp³-hybridized carbons (Fsp3) is 0. The summed E-state index contributed by atoms with van der Waals surface area (Å²) in [4.78, 5) is 9.73. The topological polar surface area (TPSA) is 62.7 Å². The van der Waals surface area contributed by atoms with Gasteiger partial charge in [-0.15, -0.1) is 0 Å². The SMILES string of the molecule is N#Cc1ccc2oc3ccc(-c4ccc(-c5ccc6ccc7cccnc7c6n5)c5ccccc45)cc3c2c1. The first-order valence-corrected chi connectivity index (χ1v) is 12.8. The minimum absolute atomic E-state index is 0.622. The number of rotatable bonds is 2. The number of furan rings is 1. The smallest absolute Gasteiger partial charge is 0.135 e. The molecule has 0 unspecified atom stereocenters. The molecule has 0 saturated heterocycles. The van der Waals surface area contributed by atoms with Crippen molar-refractivity contribution in [1.82, 2.24) is 9.97 Å². The summed E-state index contributed by atoms with van der Waals surface area (Å²) in [5.41, 5.74) is 8.27. The molecular formula is C35H19N3O. The Morgan fingerprint density at radius 2 is 1.31 bits per heavy atom. The van der Waals surface area contributed by atoms with E-state index in [4.69, 9.17) is 9.40 Å². The van der Waals surface area contributed by atoms with Crippen LogP contribution in [-0.4, -0.2) is 9.97 Å². The number of nitrogens with zero attached hydrogens (tertiary/aromatic N) is 3. The Morgan fingerprint density at radius 3 is 2.15 bits per heavy atom. The van der Waals surface area contributed by atoms with Crippen LogP contribution in [0.3, 0.4) is 0 Å². The van der Waals surface area contributed by atoms with E-state index in [-0.39, 0.29) is 0 Å². The Hall–Kier alpha value is -5.53. The average molecular weight is 498 g/mol. The second kappa shape index (κ2) is 8.24. The summed E-state index contributed by atoms with van der Waals surface area (Å²) in [6.45, 7) is 0. The second-order valence-corrected chi connectivity index (χ2v) is 9.75. The Morgan fingerprint density at radius 1 is 0.590 bits per heavy atom. The lowest BCUT2D eigenvalue weighted by Crippen LogP contribution is -1.91. The Balaban J connectivity index is 1.33. The van der Waals surface area contributed by atoms with Gasteiger partial charge in [0.1, 0.15) is 11.2 Å². The number of nitriles is 1. The molecule has 8 rings (SSSR count). The first-order valence-electron chi connectivity index (χ1n) is 12.8. The van der Waals surface area contributed by atoms with Crippen molar-refractivity contribution in [2.24, 2.45) is 0 Å². The summed E-state index contributed by atoms with van der Waals surface area (Å²) in [6, 6.07) is 39.3. The summed E-state index contributed by atoms with van der Waals surface area (Å²) in [5, 5.41) is 15.8. The number of aromatic nitrogens is 2. The van der Waals surface area contributed by atoms with Gasteiger partial charge in [0.2, 0.25) is 0 Å². The maximum absolute atomic E-state index is 9.40. The summed E-state index contributed by atoms with van der Waals surface area (Å²) in [7, 11) is 0. The summed E-state index contributed by atoms with van der Waals surface area (Å²) < 4.78 is 6.05. The zero-order chi connectivity index (χ0) is 25.9. The minimum Gasteiger partial charge on any atom is -0.456 e. The van der Waals surface area contributed by atoms with Crippen LogP contribution in [0.15, 0.2) is 120 Å². The predicted molar refractivity (Wildman–Crippen MR) is 157 cm³/mol. The van der Waals surface area contributed by atoms with Crippen LogP contribution in [-0.2, 0) is 0 Å². The van der Waals surface area contributed by atoms with Gasteiger partial charge in [-0.05, 0) is 64.4 Å². The molecule has 0 amide bonds. The van der Waals surface area contributed by atoms with Gasteiger partial charge in [0, 0.05) is 33.3 Å². The maximum atomic E-state index is 9.40. The van der Waals surface area contributed by atoms with Crippen molar-refractivity contribution in [3.63, 3.8) is 0 Å². The predicted octanol–water partition coefficient (Wildman–Crippen LogP) is 9.04. The van der Waals surface area contributed by atoms with Gasteiger partial charge in [0.15, 0.2) is 0 Å². The molecule has 39 heavy (non-hydrogen) atoms. The van der Waals surface area contributed by atoms with Gasteiger partial charge in [0.05, 0.1) is 28.4 Å². The van der Waals surface area contributed by atoms with Crippen molar-refractivity contribution in [2.45, 2.75) is 0 Å². The van der Waals surface area contributed by atoms with E-state index >= 15 is 0 Å². The number of pyridine rings is 2. The molecule has 0 saturated carbocycles. The Labute approximate surface area is 223 Å². The van der Waals surface area contributed by atoms with Crippen LogP contribution in [0.25, 0.3) is 76.9 Å². The molecule has 180 valence electrons. The third kappa shape index (κ3) is 3.31. The third-order valence-corrected chi connectivity index (χ3v) is 7.54. The largest absolute Gasteiger partial charge is 0.456 e. The number of hydrogen-bond donors (Lipinski definition) is 0. The molecule has 0 aliphatic heterocycles. The van der Waals surface area contributed by atoms with E-state index in [1.165, 1.54) is 0 Å². The van der Waals surface area contributed by atoms with E-state index in [0.29, 0.717) is 5.56 Å². The molecule has 4 nitrogen and oxygen atoms in total. The van der Waals surface area contributed by atoms with E-state index in [0.717, 1.165) is 76.9 Å².